The summed E-state index contributed by atoms with van der Waals surface area (Å²) in [6, 6.07) is 57.0. The normalized spacial score (nSPS) is 12.3. The number of nitrogens with zero attached hydrogens (tertiary/aromatic N) is 4. The van der Waals surface area contributed by atoms with Crippen LogP contribution in [0.4, 0.5) is 0 Å². The largest absolute Gasteiger partial charge is 0.307 e. The van der Waals surface area contributed by atoms with Crippen molar-refractivity contribution in [3.8, 4) is 5.69 Å². The lowest BCUT2D eigenvalue weighted by Gasteiger charge is -2.08. The highest BCUT2D eigenvalue weighted by molar-refractivity contribution is 6.23. The molecule has 0 amide bonds. The van der Waals surface area contributed by atoms with E-state index in [2.05, 4.69) is 171 Å². The van der Waals surface area contributed by atoms with Crippen LogP contribution in [0.25, 0.3) is 93.2 Å². The highest BCUT2D eigenvalue weighted by Gasteiger charge is 2.22. The summed E-state index contributed by atoms with van der Waals surface area (Å²) < 4.78 is 7.15. The Labute approximate surface area is 268 Å². The molecule has 218 valence electrons. The minimum absolute atomic E-state index is 0.907. The molecule has 0 radical (unpaired) electrons. The molecule has 0 aliphatic rings. The van der Waals surface area contributed by atoms with Gasteiger partial charge in [-0.15, -0.1) is 0 Å². The molecule has 11 rings (SSSR count). The molecule has 0 saturated heterocycles. The van der Waals surface area contributed by atoms with Crippen LogP contribution in [0, 0.1) is 0 Å². The van der Waals surface area contributed by atoms with Crippen LogP contribution in [0.5, 0.6) is 0 Å². The van der Waals surface area contributed by atoms with Gasteiger partial charge in [0.15, 0.2) is 0 Å². The van der Waals surface area contributed by atoms with E-state index in [0.717, 1.165) is 44.6 Å². The Morgan fingerprint density at radius 2 is 0.830 bits per heavy atom. The van der Waals surface area contributed by atoms with Crippen molar-refractivity contribution in [2.45, 2.75) is 0 Å². The Bertz CT molecular complexity index is 3120. The Morgan fingerprint density at radius 3 is 1.55 bits per heavy atom. The highest BCUT2D eigenvalue weighted by Crippen LogP contribution is 2.40. The van der Waals surface area contributed by atoms with E-state index in [1.807, 2.05) is 0 Å². The molecule has 4 nitrogen and oxygen atoms in total. The molecule has 0 aliphatic heterocycles. The molecule has 0 N–H and O–H groups in total. The monoisotopic (exact) mass is 598 g/mol. The van der Waals surface area contributed by atoms with Crippen LogP contribution in [-0.4, -0.2) is 18.4 Å². The molecular formula is C43H26N4. The summed E-state index contributed by atoms with van der Waals surface area (Å²) in [4.78, 5) is 5.63. The minimum Gasteiger partial charge on any atom is -0.307 e. The second-order valence-electron chi connectivity index (χ2n) is 12.4. The standard InChI is InChI=1S/C43H26N4/c1-2-13-27(14-3-1)45-36-22-10-9-20-33(36)35-25-26-38-40(42(35)45)44-43-46(38)39-24-12-21-34-31-18-7-5-16-29(31)28-15-4-6-17-30(28)32-19-8-11-23-37(32)47(43)41(34)39/h1-26H. The van der Waals surface area contributed by atoms with Gasteiger partial charge in [-0.1, -0.05) is 115 Å². The number of fused-ring (bicyclic) bond motifs is 16. The molecule has 4 aromatic heterocycles. The van der Waals surface area contributed by atoms with Gasteiger partial charge < -0.3 is 4.57 Å². The van der Waals surface area contributed by atoms with E-state index >= 15 is 0 Å². The topological polar surface area (TPSA) is 26.6 Å². The first kappa shape index (κ1) is 24.9. The van der Waals surface area contributed by atoms with Gasteiger partial charge >= 0.3 is 0 Å². The molecule has 47 heavy (non-hydrogen) atoms. The molecular weight excluding hydrogens is 573 g/mol. The highest BCUT2D eigenvalue weighted by atomic mass is 15.2. The van der Waals surface area contributed by atoms with E-state index in [1.165, 1.54) is 48.6 Å². The molecule has 0 fully saturated rings. The fourth-order valence-corrected chi connectivity index (χ4v) is 8.11. The zero-order valence-electron chi connectivity index (χ0n) is 25.3. The SMILES string of the molecule is c1ccc(-n2c3ccccc3c3ccc4c(nc5n4c4cccc6c7ccccc7c7ccccc7c7ccccc7n5c64)c32)cc1. The summed E-state index contributed by atoms with van der Waals surface area (Å²) in [5.74, 6) is 0.907. The van der Waals surface area contributed by atoms with Crippen molar-refractivity contribution >= 4 is 87.5 Å². The zero-order valence-corrected chi connectivity index (χ0v) is 25.3. The zero-order chi connectivity index (χ0) is 30.6. The number of hydrogen-bond acceptors (Lipinski definition) is 1. The average molecular weight is 599 g/mol. The predicted molar refractivity (Wildman–Crippen MR) is 197 cm³/mol. The van der Waals surface area contributed by atoms with E-state index in [9.17, 15) is 0 Å². The smallest absolute Gasteiger partial charge is 0.220 e. The second-order valence-corrected chi connectivity index (χ2v) is 12.4. The fraction of sp³-hybridized carbons (Fsp3) is 0. The number of aromatic nitrogens is 4. The maximum absolute atomic E-state index is 5.63. The maximum atomic E-state index is 5.63. The van der Waals surface area contributed by atoms with Crippen LogP contribution in [0.2, 0.25) is 0 Å². The summed E-state index contributed by atoms with van der Waals surface area (Å²) in [7, 11) is 0. The van der Waals surface area contributed by atoms with Gasteiger partial charge in [-0.25, -0.2) is 4.98 Å². The Balaban J connectivity index is 1.46. The lowest BCUT2D eigenvalue weighted by atomic mass is 10.0. The molecule has 0 bridgehead atoms. The van der Waals surface area contributed by atoms with E-state index in [1.54, 1.807) is 0 Å². The van der Waals surface area contributed by atoms with Gasteiger partial charge in [0.2, 0.25) is 5.78 Å². The van der Waals surface area contributed by atoms with Crippen LogP contribution in [0.3, 0.4) is 0 Å². The van der Waals surface area contributed by atoms with Crippen molar-refractivity contribution in [1.29, 1.82) is 0 Å². The van der Waals surface area contributed by atoms with Crippen molar-refractivity contribution in [2.24, 2.45) is 0 Å². The van der Waals surface area contributed by atoms with Gasteiger partial charge in [-0.05, 0) is 64.0 Å². The lowest BCUT2D eigenvalue weighted by molar-refractivity contribution is 1.18. The molecule has 0 saturated carbocycles. The van der Waals surface area contributed by atoms with Crippen molar-refractivity contribution in [2.75, 3.05) is 0 Å². The van der Waals surface area contributed by atoms with Crippen LogP contribution >= 0.6 is 0 Å². The molecule has 4 heteroatoms. The van der Waals surface area contributed by atoms with Crippen LogP contribution < -0.4 is 0 Å². The van der Waals surface area contributed by atoms with Crippen LogP contribution in [0.1, 0.15) is 0 Å². The number of benzene rings is 7. The van der Waals surface area contributed by atoms with Crippen molar-refractivity contribution < 1.29 is 0 Å². The third-order valence-electron chi connectivity index (χ3n) is 10.0. The third kappa shape index (κ3) is 3.19. The van der Waals surface area contributed by atoms with Crippen LogP contribution in [-0.2, 0) is 0 Å². The summed E-state index contributed by atoms with van der Waals surface area (Å²) in [5, 5.41) is 9.71. The van der Waals surface area contributed by atoms with Gasteiger partial charge in [0.1, 0.15) is 5.52 Å². The van der Waals surface area contributed by atoms with E-state index in [4.69, 9.17) is 4.98 Å². The molecule has 4 heterocycles. The summed E-state index contributed by atoms with van der Waals surface area (Å²) in [5.41, 5.74) is 8.94. The number of para-hydroxylation sites is 4. The molecule has 7 aromatic carbocycles. The summed E-state index contributed by atoms with van der Waals surface area (Å²) in [6.45, 7) is 0. The summed E-state index contributed by atoms with van der Waals surface area (Å²) in [6.07, 6.45) is 0. The van der Waals surface area contributed by atoms with Gasteiger partial charge in [-0.2, -0.15) is 0 Å². The molecule has 0 aliphatic carbocycles. The van der Waals surface area contributed by atoms with E-state index < -0.39 is 0 Å². The Morgan fingerprint density at radius 1 is 0.319 bits per heavy atom. The van der Waals surface area contributed by atoms with Crippen molar-refractivity contribution in [1.82, 2.24) is 18.4 Å². The average Bonchev–Trinajstić information content (AvgIpc) is 3.79. The molecule has 0 atom stereocenters. The van der Waals surface area contributed by atoms with Gasteiger partial charge in [0.25, 0.3) is 0 Å². The van der Waals surface area contributed by atoms with Gasteiger partial charge in [0, 0.05) is 27.2 Å². The molecule has 0 unspecified atom stereocenters. The van der Waals surface area contributed by atoms with Crippen LogP contribution in [0.15, 0.2) is 158 Å². The molecule has 11 aromatic rings. The lowest BCUT2D eigenvalue weighted by Crippen LogP contribution is -1.94. The van der Waals surface area contributed by atoms with E-state index in [0.29, 0.717) is 0 Å². The quantitative estimate of drug-likeness (QED) is 0.185. The first-order valence-electron chi connectivity index (χ1n) is 16.1. The second kappa shape index (κ2) is 9.09. The van der Waals surface area contributed by atoms with Crippen molar-refractivity contribution in [3.63, 3.8) is 0 Å². The number of hydrogen-bond donors (Lipinski definition) is 0. The Hall–Kier alpha value is -6.39. The predicted octanol–water partition coefficient (Wildman–Crippen LogP) is 11.0. The fourth-order valence-electron chi connectivity index (χ4n) is 8.11. The first-order chi connectivity index (χ1) is 23.4. The summed E-state index contributed by atoms with van der Waals surface area (Å²) >= 11 is 0. The Kier molecular flexibility index (Phi) is 4.81. The molecule has 0 spiro atoms. The van der Waals surface area contributed by atoms with Crippen molar-refractivity contribution in [3.05, 3.63) is 158 Å². The number of imidazole rings is 2. The van der Waals surface area contributed by atoms with Gasteiger partial charge in [-0.3, -0.25) is 8.80 Å². The van der Waals surface area contributed by atoms with Gasteiger partial charge in [0.05, 0.1) is 33.1 Å². The number of rotatable bonds is 1. The first-order valence-corrected chi connectivity index (χ1v) is 16.1. The maximum Gasteiger partial charge on any atom is 0.220 e. The van der Waals surface area contributed by atoms with E-state index in [-0.39, 0.29) is 0 Å². The third-order valence-corrected chi connectivity index (χ3v) is 10.0. The minimum atomic E-state index is 0.907.